The molecule has 4 rings (SSSR count). The third-order valence-electron chi connectivity index (χ3n) is 3.99. The van der Waals surface area contributed by atoms with Gasteiger partial charge < -0.3 is 15.0 Å². The van der Waals surface area contributed by atoms with Crippen LogP contribution in [0.15, 0.2) is 54.9 Å². The van der Waals surface area contributed by atoms with E-state index >= 15 is 0 Å². The zero-order valence-electron chi connectivity index (χ0n) is 13.8. The molecule has 0 aliphatic rings. The number of ether oxygens (including phenoxy) is 1. The lowest BCUT2D eigenvalue weighted by Crippen LogP contribution is -1.95. The molecule has 0 aliphatic carbocycles. The molecule has 4 aromatic rings. The summed E-state index contributed by atoms with van der Waals surface area (Å²) in [6.07, 6.45) is 1.51. The maximum atomic E-state index is 6.09. The van der Waals surface area contributed by atoms with Gasteiger partial charge in [-0.05, 0) is 36.4 Å². The summed E-state index contributed by atoms with van der Waals surface area (Å²) in [7, 11) is 1.65. The molecule has 0 unspecified atom stereocenters. The number of methoxy groups -OCH3 is 1. The molecule has 0 saturated carbocycles. The van der Waals surface area contributed by atoms with E-state index in [1.54, 1.807) is 19.2 Å². The lowest BCUT2D eigenvalue weighted by Gasteiger charge is -2.07. The van der Waals surface area contributed by atoms with Crippen LogP contribution in [0.2, 0.25) is 10.0 Å². The number of halogens is 2. The summed E-state index contributed by atoms with van der Waals surface area (Å²) in [5, 5.41) is 5.12. The Kier molecular flexibility index (Phi) is 4.41. The molecule has 5 nitrogen and oxygen atoms in total. The van der Waals surface area contributed by atoms with Crippen LogP contribution in [0, 0.1) is 0 Å². The van der Waals surface area contributed by atoms with E-state index in [1.807, 2.05) is 36.4 Å². The summed E-state index contributed by atoms with van der Waals surface area (Å²) in [6.45, 7) is 0. The number of H-pyrrole nitrogens is 1. The number of benzene rings is 2. The molecule has 0 aliphatic heterocycles. The van der Waals surface area contributed by atoms with Gasteiger partial charge in [-0.1, -0.05) is 35.3 Å². The summed E-state index contributed by atoms with van der Waals surface area (Å²) in [5.41, 5.74) is 3.46. The first-order valence-electron chi connectivity index (χ1n) is 7.84. The molecule has 7 heteroatoms. The van der Waals surface area contributed by atoms with Crippen molar-refractivity contribution >= 4 is 45.7 Å². The molecule has 0 radical (unpaired) electrons. The van der Waals surface area contributed by atoms with E-state index < -0.39 is 0 Å². The lowest BCUT2D eigenvalue weighted by atomic mass is 10.1. The minimum atomic E-state index is 0.480. The molecular weight excluding hydrogens is 371 g/mol. The maximum Gasteiger partial charge on any atom is 0.143 e. The third kappa shape index (κ3) is 3.19. The van der Waals surface area contributed by atoms with Gasteiger partial charge in [0, 0.05) is 16.9 Å². The highest BCUT2D eigenvalue weighted by atomic mass is 35.5. The highest BCUT2D eigenvalue weighted by Gasteiger charge is 2.11. The molecule has 2 aromatic heterocycles. The van der Waals surface area contributed by atoms with Crippen molar-refractivity contribution in [2.45, 2.75) is 0 Å². The van der Waals surface area contributed by atoms with E-state index in [1.165, 1.54) is 6.33 Å². The Bertz CT molecular complexity index is 1090. The Hall–Kier alpha value is -2.76. The van der Waals surface area contributed by atoms with E-state index in [4.69, 9.17) is 27.9 Å². The van der Waals surface area contributed by atoms with Gasteiger partial charge in [0.25, 0.3) is 0 Å². The second-order valence-corrected chi connectivity index (χ2v) is 6.47. The number of fused-ring (bicyclic) bond motifs is 1. The quantitative estimate of drug-likeness (QED) is 0.474. The van der Waals surface area contributed by atoms with Crippen LogP contribution >= 0.6 is 23.2 Å². The Labute approximate surface area is 160 Å². The van der Waals surface area contributed by atoms with Crippen molar-refractivity contribution in [3.8, 4) is 17.0 Å². The monoisotopic (exact) mass is 384 g/mol. The molecule has 0 bridgehead atoms. The number of rotatable bonds is 4. The molecule has 2 aromatic carbocycles. The maximum absolute atomic E-state index is 6.09. The first-order chi connectivity index (χ1) is 12.6. The topological polar surface area (TPSA) is 62.8 Å². The molecule has 2 heterocycles. The van der Waals surface area contributed by atoms with Crippen LogP contribution in [-0.4, -0.2) is 22.1 Å². The fourth-order valence-electron chi connectivity index (χ4n) is 2.70. The standard InChI is InChI=1S/C19H14Cl2N4O/c1-26-13-4-2-3-11(7-13)17-9-14-18(22-10-23-19(14)25-17)24-12-5-6-15(20)16(21)8-12/h2-10H,1H3,(H2,22,23,24,25). The molecule has 26 heavy (non-hydrogen) atoms. The number of nitrogens with zero attached hydrogens (tertiary/aromatic N) is 2. The Balaban J connectivity index is 1.74. The summed E-state index contributed by atoms with van der Waals surface area (Å²) in [4.78, 5) is 12.0. The minimum Gasteiger partial charge on any atom is -0.497 e. The molecule has 0 amide bonds. The van der Waals surface area contributed by atoms with E-state index in [-0.39, 0.29) is 0 Å². The van der Waals surface area contributed by atoms with Crippen LogP contribution in [0.1, 0.15) is 0 Å². The van der Waals surface area contributed by atoms with Crippen molar-refractivity contribution in [3.05, 3.63) is 64.9 Å². The number of hydrogen-bond acceptors (Lipinski definition) is 4. The smallest absolute Gasteiger partial charge is 0.143 e. The fourth-order valence-corrected chi connectivity index (χ4v) is 2.99. The largest absolute Gasteiger partial charge is 0.497 e. The molecule has 130 valence electrons. The molecular formula is C19H14Cl2N4O. The second kappa shape index (κ2) is 6.86. The van der Waals surface area contributed by atoms with Crippen LogP contribution in [0.3, 0.4) is 0 Å². The summed E-state index contributed by atoms with van der Waals surface area (Å²) in [5.74, 6) is 1.47. The van der Waals surface area contributed by atoms with Gasteiger partial charge in [0.15, 0.2) is 0 Å². The summed E-state index contributed by atoms with van der Waals surface area (Å²) in [6, 6.07) is 15.2. The number of aromatic amines is 1. The predicted molar refractivity (Wildman–Crippen MR) is 106 cm³/mol. The average molecular weight is 385 g/mol. The predicted octanol–water partition coefficient (Wildman–Crippen LogP) is 5.68. The van der Waals surface area contributed by atoms with E-state index in [2.05, 4.69) is 20.3 Å². The van der Waals surface area contributed by atoms with Crippen LogP contribution in [-0.2, 0) is 0 Å². The van der Waals surface area contributed by atoms with Gasteiger partial charge in [-0.15, -0.1) is 0 Å². The van der Waals surface area contributed by atoms with Gasteiger partial charge in [-0.3, -0.25) is 0 Å². The second-order valence-electron chi connectivity index (χ2n) is 5.65. The SMILES string of the molecule is COc1cccc(-c2cc3c(Nc4ccc(Cl)c(Cl)c4)ncnc3[nH]2)c1. The van der Waals surface area contributed by atoms with Gasteiger partial charge in [0.2, 0.25) is 0 Å². The van der Waals surface area contributed by atoms with Crippen molar-refractivity contribution in [2.24, 2.45) is 0 Å². The highest BCUT2D eigenvalue weighted by Crippen LogP contribution is 2.31. The lowest BCUT2D eigenvalue weighted by molar-refractivity contribution is 0.415. The molecule has 0 fully saturated rings. The van der Waals surface area contributed by atoms with Crippen molar-refractivity contribution in [3.63, 3.8) is 0 Å². The van der Waals surface area contributed by atoms with Crippen LogP contribution in [0.5, 0.6) is 5.75 Å². The van der Waals surface area contributed by atoms with E-state index in [0.717, 1.165) is 33.7 Å². The first kappa shape index (κ1) is 16.7. The molecule has 0 atom stereocenters. The summed E-state index contributed by atoms with van der Waals surface area (Å²) < 4.78 is 5.30. The zero-order valence-corrected chi connectivity index (χ0v) is 15.3. The first-order valence-corrected chi connectivity index (χ1v) is 8.60. The molecule has 0 spiro atoms. The van der Waals surface area contributed by atoms with Gasteiger partial charge in [0.05, 0.1) is 22.5 Å². The summed E-state index contributed by atoms with van der Waals surface area (Å²) >= 11 is 12.1. The normalized spacial score (nSPS) is 10.9. The zero-order chi connectivity index (χ0) is 18.1. The molecule has 0 saturated heterocycles. The van der Waals surface area contributed by atoms with Crippen molar-refractivity contribution in [1.82, 2.24) is 15.0 Å². The molecule has 2 N–H and O–H groups in total. The fraction of sp³-hybridized carbons (Fsp3) is 0.0526. The number of aromatic nitrogens is 3. The van der Waals surface area contributed by atoms with E-state index in [0.29, 0.717) is 15.9 Å². The average Bonchev–Trinajstić information content (AvgIpc) is 3.10. The van der Waals surface area contributed by atoms with Gasteiger partial charge in [0.1, 0.15) is 23.5 Å². The number of hydrogen-bond donors (Lipinski definition) is 2. The van der Waals surface area contributed by atoms with Crippen molar-refractivity contribution in [2.75, 3.05) is 12.4 Å². The minimum absolute atomic E-state index is 0.480. The van der Waals surface area contributed by atoms with Crippen molar-refractivity contribution < 1.29 is 4.74 Å². The van der Waals surface area contributed by atoms with Gasteiger partial charge >= 0.3 is 0 Å². The Morgan fingerprint density at radius 2 is 1.88 bits per heavy atom. The Morgan fingerprint density at radius 1 is 1.00 bits per heavy atom. The third-order valence-corrected chi connectivity index (χ3v) is 4.73. The van der Waals surface area contributed by atoms with Crippen LogP contribution in [0.25, 0.3) is 22.3 Å². The van der Waals surface area contributed by atoms with Gasteiger partial charge in [-0.2, -0.15) is 0 Å². The van der Waals surface area contributed by atoms with Crippen LogP contribution in [0.4, 0.5) is 11.5 Å². The Morgan fingerprint density at radius 3 is 2.69 bits per heavy atom. The van der Waals surface area contributed by atoms with Gasteiger partial charge in [-0.25, -0.2) is 9.97 Å². The van der Waals surface area contributed by atoms with E-state index in [9.17, 15) is 0 Å². The van der Waals surface area contributed by atoms with Crippen LogP contribution < -0.4 is 10.1 Å². The number of nitrogens with one attached hydrogen (secondary N) is 2. The highest BCUT2D eigenvalue weighted by molar-refractivity contribution is 6.42. The van der Waals surface area contributed by atoms with Crippen molar-refractivity contribution in [1.29, 1.82) is 0 Å². The number of anilines is 2.